The van der Waals surface area contributed by atoms with Crippen molar-refractivity contribution in [2.75, 3.05) is 0 Å². The van der Waals surface area contributed by atoms with E-state index in [1.807, 2.05) is 0 Å². The maximum Gasteiger partial charge on any atom is 3.00 e. The number of primary amides is 5. The molecule has 5 atom stereocenters. The Bertz CT molecular complexity index is 1440. The van der Waals surface area contributed by atoms with Crippen molar-refractivity contribution in [1.29, 1.82) is 0 Å². The second-order valence-electron chi connectivity index (χ2n) is 12.9. The van der Waals surface area contributed by atoms with E-state index in [2.05, 4.69) is 26.6 Å². The Morgan fingerprint density at radius 2 is 0.389 bits per heavy atom. The van der Waals surface area contributed by atoms with Gasteiger partial charge in [-0.15, -0.1) is 0 Å². The number of carboxylic acid groups (broad SMARTS) is 5. The van der Waals surface area contributed by atoms with Gasteiger partial charge in [0.2, 0.25) is 59.1 Å². The van der Waals surface area contributed by atoms with Gasteiger partial charge in [-0.05, 0) is 32.1 Å². The Morgan fingerprint density at radius 1 is 0.292 bits per heavy atom. The summed E-state index contributed by atoms with van der Waals surface area (Å²) in [5.41, 5.74) is 24.0. The summed E-state index contributed by atoms with van der Waals surface area (Å²) in [6, 6.07) is -5.74. The van der Waals surface area contributed by atoms with Crippen LogP contribution in [0.1, 0.15) is 98.8 Å². The smallest absolute Gasteiger partial charge is 0.870 e. The number of carboxylic acids is 5. The number of rotatable bonds is 25. The van der Waals surface area contributed by atoms with Crippen LogP contribution in [0.2, 0.25) is 0 Å². The first-order valence-electron chi connectivity index (χ1n) is 18.5. The number of nitrogens with two attached hydrogens (primary N) is 5. The normalized spacial score (nSPS) is 10.6. The fourth-order valence-corrected chi connectivity index (χ4v) is 3.90. The maximum atomic E-state index is 10.5. The fourth-order valence-electron chi connectivity index (χ4n) is 3.90. The Hall–Kier alpha value is -6.51. The molecule has 0 bridgehead atoms. The molecule has 10 amide bonds. The molecule has 0 aromatic carbocycles. The third-order valence-corrected chi connectivity index (χ3v) is 6.71. The minimum Gasteiger partial charge on any atom is -0.870 e. The number of aliphatic carboxylic acids is 5. The molecule has 0 radical (unpaired) electrons. The summed E-state index contributed by atoms with van der Waals surface area (Å²) in [6.07, 6.45) is -0.713. The van der Waals surface area contributed by atoms with Crippen molar-refractivity contribution < 1.29 is 119 Å². The van der Waals surface area contributed by atoms with Crippen LogP contribution >= 0.6 is 0 Å². The molecule has 0 aromatic rings. The van der Waals surface area contributed by atoms with Crippen molar-refractivity contribution in [2.24, 2.45) is 28.7 Å². The van der Waals surface area contributed by atoms with E-state index in [-0.39, 0.29) is 138 Å². The summed E-state index contributed by atoms with van der Waals surface area (Å²) >= 11 is 0. The monoisotopic (exact) mass is 1080 g/mol. The van der Waals surface area contributed by atoms with Crippen molar-refractivity contribution in [3.8, 4) is 0 Å². The molecule has 0 saturated heterocycles. The van der Waals surface area contributed by atoms with Crippen LogP contribution in [0.4, 0.5) is 0 Å². The number of amides is 10. The van der Waals surface area contributed by atoms with Crippen LogP contribution in [-0.4, -0.2) is 193 Å². The van der Waals surface area contributed by atoms with Crippen molar-refractivity contribution in [3.63, 3.8) is 0 Å². The topological polar surface area (TPSA) is 682 Å². The van der Waals surface area contributed by atoms with E-state index in [4.69, 9.17) is 28.7 Å². The number of hydrogen-bond donors (Lipinski definition) is 10. The first-order chi connectivity index (χ1) is 29.7. The van der Waals surface area contributed by atoms with Crippen LogP contribution in [0, 0.1) is 0 Å². The van der Waals surface area contributed by atoms with Crippen LogP contribution in [0.25, 0.3) is 0 Å². The summed E-state index contributed by atoms with van der Waals surface area (Å²) in [4.78, 5) is 156. The molecule has 0 aromatic heterocycles. The second kappa shape index (κ2) is 55.4. The van der Waals surface area contributed by atoms with Gasteiger partial charge in [-0.3, -0.25) is 47.9 Å². The summed E-state index contributed by atoms with van der Waals surface area (Å²) in [7, 11) is 0. The van der Waals surface area contributed by atoms with E-state index in [0.717, 1.165) is 0 Å². The fraction of sp³-hybridized carbons (Fsp3) is 0.571. The molecule has 34 nitrogen and oxygen atoms in total. The van der Waals surface area contributed by atoms with Gasteiger partial charge in [0.1, 0.15) is 0 Å². The molecule has 0 fully saturated rings. The van der Waals surface area contributed by atoms with Crippen LogP contribution in [0.3, 0.4) is 0 Å². The van der Waals surface area contributed by atoms with Gasteiger partial charge in [0.25, 0.3) is 0 Å². The summed E-state index contributed by atoms with van der Waals surface area (Å²) in [5, 5.41) is 62.5. The van der Waals surface area contributed by atoms with Crippen molar-refractivity contribution >= 4 is 141 Å². The van der Waals surface area contributed by atoms with E-state index in [9.17, 15) is 97.5 Å². The van der Waals surface area contributed by atoms with E-state index in [0.29, 0.717) is 0 Å². The van der Waals surface area contributed by atoms with Crippen LogP contribution in [0.5, 0.6) is 0 Å². The molecule has 72 heavy (non-hydrogen) atoms. The third kappa shape index (κ3) is 72.5. The number of hydrogen-bond acceptors (Lipinski definition) is 24. The molecule has 0 aliphatic heterocycles. The molecule has 19 N–H and O–H groups in total. The van der Waals surface area contributed by atoms with Gasteiger partial charge in [0.05, 0.1) is 60.1 Å². The molecular weight excluding hydrogens is 1030 g/mol. The molecule has 0 aliphatic carbocycles. The number of carbonyl (C=O) groups excluding carboxylic acids is 15. The molecule has 0 unspecified atom stereocenters. The van der Waals surface area contributed by atoms with Crippen molar-refractivity contribution in [1.82, 2.24) is 26.6 Å². The zero-order chi connectivity index (χ0) is 52.2. The Morgan fingerprint density at radius 3 is 0.444 bits per heavy atom. The van der Waals surface area contributed by atoms with Gasteiger partial charge in [-0.2, -0.15) is 0 Å². The molecule has 0 spiro atoms. The second-order valence-corrected chi connectivity index (χ2v) is 12.9. The van der Waals surface area contributed by atoms with Gasteiger partial charge in [-0.25, -0.2) is 0 Å². The van der Waals surface area contributed by atoms with Gasteiger partial charge in [-0.1, -0.05) is 0 Å². The molecule has 0 heterocycles. The van der Waals surface area contributed by atoms with E-state index in [1.165, 1.54) is 34.6 Å². The molecule has 0 saturated carbocycles. The standard InChI is InChI=1S/5C7H12N2O4.3Al.4H2O/c5*1-4(10)9-5(7(12)13)2-3-6(8)11;;;;;;;/h5*5H,2-3H2,1H3,(H2,8,11)(H,9,10)(H,12,13);;;;4*1H2/q;;;;;3*+3;;;;/p-9/t5*5-;;;;;;;/m00000......./s1. The molecule has 0 aliphatic rings. The first kappa shape index (κ1) is 95.2. The van der Waals surface area contributed by atoms with Crippen LogP contribution < -0.4 is 80.8 Å². The molecular formula is C35H59Al3N10O24. The van der Waals surface area contributed by atoms with Gasteiger partial charge < -0.3 is 127 Å². The zero-order valence-corrected chi connectivity index (χ0v) is 43.0. The number of carbonyl (C=O) groups is 15. The third-order valence-electron chi connectivity index (χ3n) is 6.71. The van der Waals surface area contributed by atoms with Crippen LogP contribution in [0.15, 0.2) is 0 Å². The average Bonchev–Trinajstić information content (AvgIpc) is 3.13. The summed E-state index contributed by atoms with van der Waals surface area (Å²) in [6.45, 7) is 5.90. The van der Waals surface area contributed by atoms with Crippen molar-refractivity contribution in [2.45, 2.75) is 129 Å². The van der Waals surface area contributed by atoms with Gasteiger partial charge in [0.15, 0.2) is 0 Å². The molecule has 37 heteroatoms. The molecule has 0 rings (SSSR count). The Balaban J connectivity index is -0.0000000610. The predicted octanol–water partition coefficient (Wildman–Crippen LogP) is -14.3. The maximum absolute atomic E-state index is 10.5. The average molecular weight is 1080 g/mol. The first-order valence-corrected chi connectivity index (χ1v) is 18.5. The Labute approximate surface area is 443 Å². The Kier molecular flexibility index (Phi) is 73.3. The predicted molar refractivity (Wildman–Crippen MR) is 230 cm³/mol. The van der Waals surface area contributed by atoms with Gasteiger partial charge >= 0.3 is 52.1 Å². The SMILES string of the molecule is CC(=O)N[C@@H](CCC(N)=O)C(=O)[O-].CC(=O)N[C@@H](CCC(N)=O)C(=O)[O-].CC(=O)N[C@@H](CCC(N)=O)C(=O)[O-].CC(=O)N[C@@H](CCC(N)=O)C(=O)[O-].CC(=O)N[C@@H](CCC(N)=O)C(=O)[O-].[Al+3].[Al+3].[Al+3].[OH-].[OH-].[OH-].[OH-]. The zero-order valence-electron chi connectivity index (χ0n) is 39.5. The minimum atomic E-state index is -1.42. The summed E-state index contributed by atoms with van der Waals surface area (Å²) < 4.78 is 0. The minimum absolute atomic E-state index is 0. The largest absolute Gasteiger partial charge is 3.00 e. The quantitative estimate of drug-likeness (QED) is 0.0380. The van der Waals surface area contributed by atoms with E-state index >= 15 is 0 Å². The number of nitrogens with one attached hydrogen (secondary N) is 5. The van der Waals surface area contributed by atoms with Crippen molar-refractivity contribution in [3.05, 3.63) is 0 Å². The molecule has 402 valence electrons. The summed E-state index contributed by atoms with van der Waals surface area (Å²) in [5.74, 6) is -12.6. The van der Waals surface area contributed by atoms with E-state index in [1.54, 1.807) is 0 Å². The van der Waals surface area contributed by atoms with Gasteiger partial charge in [0, 0.05) is 66.7 Å². The van der Waals surface area contributed by atoms with E-state index < -0.39 is 119 Å². The van der Waals surface area contributed by atoms with Crippen LogP contribution in [-0.2, 0) is 71.9 Å².